The lowest BCUT2D eigenvalue weighted by Crippen LogP contribution is -2.36. The average molecular weight is 540 g/mol. The highest BCUT2D eigenvalue weighted by molar-refractivity contribution is 6.33. The predicted octanol–water partition coefficient (Wildman–Crippen LogP) is 6.69. The topological polar surface area (TPSA) is 94.8 Å². The third-order valence-corrected chi connectivity index (χ3v) is 6.23. The zero-order valence-electron chi connectivity index (χ0n) is 20.5. The second kappa shape index (κ2) is 11.7. The number of hydrogen-bond acceptors (Lipinski definition) is 6. The first-order valence-corrected chi connectivity index (χ1v) is 12.4. The van der Waals surface area contributed by atoms with Crippen molar-refractivity contribution in [2.75, 3.05) is 0 Å². The highest BCUT2D eigenvalue weighted by Crippen LogP contribution is 2.35. The number of carbonyl (C=O) groups excluding carboxylic acids is 2. The molecule has 0 bridgehead atoms. The van der Waals surface area contributed by atoms with Crippen LogP contribution in [-0.4, -0.2) is 12.1 Å². The van der Waals surface area contributed by atoms with Gasteiger partial charge in [-0.25, -0.2) is 14.4 Å². The molecule has 7 nitrogen and oxygen atoms in total. The maximum Gasteiger partial charge on any atom is 0.408 e. The van der Waals surface area contributed by atoms with Crippen molar-refractivity contribution in [1.82, 2.24) is 5.32 Å². The van der Waals surface area contributed by atoms with Crippen molar-refractivity contribution in [1.29, 1.82) is 0 Å². The normalized spacial score (nSPS) is 11.5. The molecular weight excluding hydrogens is 518 g/mol. The van der Waals surface area contributed by atoms with Gasteiger partial charge in [0.2, 0.25) is 0 Å². The Morgan fingerprint density at radius 1 is 0.846 bits per heavy atom. The smallest absolute Gasteiger partial charge is 0.408 e. The SMILES string of the molecule is O=C(NC(C(=O)Oc1cc2oc(=O)cc(-c3ccccc3)c2cc1Cl)c1ccccc1)OCc1ccccc1. The second-order valence-electron chi connectivity index (χ2n) is 8.59. The van der Waals surface area contributed by atoms with E-state index in [1.165, 1.54) is 12.1 Å². The van der Waals surface area contributed by atoms with Gasteiger partial charge in [0.25, 0.3) is 0 Å². The number of hydrogen-bond donors (Lipinski definition) is 1. The van der Waals surface area contributed by atoms with Gasteiger partial charge in [-0.1, -0.05) is 103 Å². The highest BCUT2D eigenvalue weighted by atomic mass is 35.5. The Morgan fingerprint density at radius 2 is 1.49 bits per heavy atom. The summed E-state index contributed by atoms with van der Waals surface area (Å²) in [5.74, 6) is -0.830. The van der Waals surface area contributed by atoms with Crippen LogP contribution >= 0.6 is 11.6 Å². The molecule has 0 fully saturated rings. The van der Waals surface area contributed by atoms with Crippen molar-refractivity contribution < 1.29 is 23.5 Å². The molecule has 0 aliphatic rings. The summed E-state index contributed by atoms with van der Waals surface area (Å²) in [5, 5.41) is 3.27. The molecule has 39 heavy (non-hydrogen) atoms. The van der Waals surface area contributed by atoms with Crippen LogP contribution in [0.3, 0.4) is 0 Å². The van der Waals surface area contributed by atoms with E-state index in [0.717, 1.165) is 11.1 Å². The molecular formula is C31H22ClNO6. The Hall–Kier alpha value is -4.88. The van der Waals surface area contributed by atoms with Crippen molar-refractivity contribution in [3.05, 3.63) is 136 Å². The van der Waals surface area contributed by atoms with Crippen molar-refractivity contribution in [2.45, 2.75) is 12.6 Å². The van der Waals surface area contributed by atoms with Crippen LogP contribution in [0.4, 0.5) is 4.79 Å². The summed E-state index contributed by atoms with van der Waals surface area (Å²) in [4.78, 5) is 38.2. The first kappa shape index (κ1) is 25.8. The molecule has 5 aromatic rings. The molecule has 0 aliphatic carbocycles. The molecule has 1 unspecified atom stereocenters. The van der Waals surface area contributed by atoms with E-state index in [4.69, 9.17) is 25.5 Å². The van der Waals surface area contributed by atoms with Gasteiger partial charge in [0.15, 0.2) is 11.8 Å². The summed E-state index contributed by atoms with van der Waals surface area (Å²) in [6.45, 7) is 0.0303. The fourth-order valence-electron chi connectivity index (χ4n) is 4.07. The quantitative estimate of drug-likeness (QED) is 0.141. The van der Waals surface area contributed by atoms with E-state index >= 15 is 0 Å². The molecule has 0 radical (unpaired) electrons. The number of halogens is 1. The molecule has 1 N–H and O–H groups in total. The van der Waals surface area contributed by atoms with E-state index < -0.39 is 23.7 Å². The molecule has 4 aromatic carbocycles. The van der Waals surface area contributed by atoms with Crippen LogP contribution in [0, 0.1) is 0 Å². The molecule has 8 heteroatoms. The molecule has 0 aliphatic heterocycles. The molecule has 0 saturated heterocycles. The fourth-order valence-corrected chi connectivity index (χ4v) is 4.27. The molecule has 1 atom stereocenters. The highest BCUT2D eigenvalue weighted by Gasteiger charge is 2.27. The number of amides is 1. The van der Waals surface area contributed by atoms with Gasteiger partial charge in [-0.2, -0.15) is 0 Å². The van der Waals surface area contributed by atoms with E-state index in [0.29, 0.717) is 16.5 Å². The number of alkyl carbamates (subject to hydrolysis) is 1. The van der Waals surface area contributed by atoms with Crippen LogP contribution < -0.4 is 15.7 Å². The Labute approximate surface area is 228 Å². The lowest BCUT2D eigenvalue weighted by Gasteiger charge is -2.18. The number of esters is 1. The van der Waals surface area contributed by atoms with Crippen molar-refractivity contribution in [2.24, 2.45) is 0 Å². The standard InChI is InChI=1S/C31H22ClNO6/c32-25-16-24-23(21-12-6-2-7-13-21)17-28(34)38-26(24)18-27(25)39-30(35)29(22-14-8-3-9-15-22)33-31(36)37-19-20-10-4-1-5-11-20/h1-18,29H,19H2,(H,33,36). The van der Waals surface area contributed by atoms with Crippen LogP contribution in [0.25, 0.3) is 22.1 Å². The minimum absolute atomic E-state index is 0.0251. The van der Waals surface area contributed by atoms with Crippen LogP contribution in [0.5, 0.6) is 5.75 Å². The van der Waals surface area contributed by atoms with Gasteiger partial charge in [0.1, 0.15) is 12.2 Å². The number of fused-ring (bicyclic) bond motifs is 1. The van der Waals surface area contributed by atoms with E-state index in [1.54, 1.807) is 36.4 Å². The molecule has 5 rings (SSSR count). The molecule has 1 aromatic heterocycles. The summed E-state index contributed by atoms with van der Waals surface area (Å²) in [7, 11) is 0. The number of nitrogens with one attached hydrogen (secondary N) is 1. The summed E-state index contributed by atoms with van der Waals surface area (Å²) >= 11 is 6.51. The zero-order valence-corrected chi connectivity index (χ0v) is 21.3. The van der Waals surface area contributed by atoms with Crippen molar-refractivity contribution >= 4 is 34.6 Å². The van der Waals surface area contributed by atoms with Gasteiger partial charge >= 0.3 is 17.7 Å². The summed E-state index contributed by atoms with van der Waals surface area (Å²) in [6.07, 6.45) is -0.798. The van der Waals surface area contributed by atoms with Gasteiger partial charge in [0, 0.05) is 17.5 Å². The van der Waals surface area contributed by atoms with Gasteiger partial charge in [-0.3, -0.25) is 0 Å². The Bertz CT molecular complexity index is 1670. The Kier molecular flexibility index (Phi) is 7.70. The number of carbonyl (C=O) groups is 2. The first-order chi connectivity index (χ1) is 19.0. The van der Waals surface area contributed by atoms with Gasteiger partial charge in [0.05, 0.1) is 5.02 Å². The minimum atomic E-state index is -1.19. The van der Waals surface area contributed by atoms with Crippen LogP contribution in [0.15, 0.2) is 118 Å². The molecule has 1 amide bonds. The average Bonchev–Trinajstić information content (AvgIpc) is 2.96. The van der Waals surface area contributed by atoms with Gasteiger partial charge < -0.3 is 19.2 Å². The third-order valence-electron chi connectivity index (χ3n) is 5.94. The maximum atomic E-state index is 13.3. The minimum Gasteiger partial charge on any atom is -0.445 e. The van der Waals surface area contributed by atoms with Crippen LogP contribution in [0.2, 0.25) is 5.02 Å². The molecule has 194 valence electrons. The summed E-state index contributed by atoms with van der Waals surface area (Å²) in [5.41, 5.74) is 2.34. The predicted molar refractivity (Wildman–Crippen MR) is 148 cm³/mol. The van der Waals surface area contributed by atoms with Crippen molar-refractivity contribution in [3.8, 4) is 16.9 Å². The number of ether oxygens (including phenoxy) is 2. The van der Waals surface area contributed by atoms with E-state index in [2.05, 4.69) is 5.32 Å². The fraction of sp³-hybridized carbons (Fsp3) is 0.0645. The molecule has 0 spiro atoms. The van der Waals surface area contributed by atoms with Crippen molar-refractivity contribution in [3.63, 3.8) is 0 Å². The summed E-state index contributed by atoms with van der Waals surface area (Å²) in [6, 6.07) is 30.2. The second-order valence-corrected chi connectivity index (χ2v) is 9.00. The Morgan fingerprint density at radius 3 is 2.18 bits per heavy atom. The molecule has 1 heterocycles. The monoisotopic (exact) mass is 539 g/mol. The van der Waals surface area contributed by atoms with Crippen LogP contribution in [-0.2, 0) is 16.1 Å². The first-order valence-electron chi connectivity index (χ1n) is 12.0. The lowest BCUT2D eigenvalue weighted by atomic mass is 10.0. The largest absolute Gasteiger partial charge is 0.445 e. The lowest BCUT2D eigenvalue weighted by molar-refractivity contribution is -0.136. The van der Waals surface area contributed by atoms with E-state index in [-0.39, 0.29) is 23.0 Å². The zero-order chi connectivity index (χ0) is 27.2. The maximum absolute atomic E-state index is 13.3. The van der Waals surface area contributed by atoms with Crippen LogP contribution in [0.1, 0.15) is 17.2 Å². The van der Waals surface area contributed by atoms with Gasteiger partial charge in [-0.15, -0.1) is 0 Å². The number of rotatable bonds is 7. The van der Waals surface area contributed by atoms with E-state index in [1.807, 2.05) is 60.7 Å². The molecule has 0 saturated carbocycles. The number of benzene rings is 4. The Balaban J connectivity index is 1.41. The van der Waals surface area contributed by atoms with E-state index in [9.17, 15) is 14.4 Å². The third kappa shape index (κ3) is 6.17. The van der Waals surface area contributed by atoms with Gasteiger partial charge in [-0.05, 0) is 28.3 Å². The summed E-state index contributed by atoms with van der Waals surface area (Å²) < 4.78 is 16.3.